The number of carbonyl (C=O) groups is 1. The summed E-state index contributed by atoms with van der Waals surface area (Å²) < 4.78 is 10.0. The van der Waals surface area contributed by atoms with Gasteiger partial charge in [0.15, 0.2) is 5.75 Å². The molecule has 0 fully saturated rings. The molecule has 0 saturated heterocycles. The van der Waals surface area contributed by atoms with Crippen molar-refractivity contribution in [2.45, 2.75) is 6.61 Å². The number of carboxylic acids is 1. The molecule has 0 spiro atoms. The number of ether oxygens (including phenoxy) is 1. The fourth-order valence-electron chi connectivity index (χ4n) is 1.55. The molecule has 104 valence electrons. The van der Waals surface area contributed by atoms with Crippen molar-refractivity contribution in [1.29, 1.82) is 0 Å². The lowest BCUT2D eigenvalue weighted by Gasteiger charge is -2.06. The molecule has 1 N–H and O–H groups in total. The molecule has 0 atom stereocenters. The standard InChI is InChI=1S/C12H8ClNO6/c13-8-1-2-9(14(17)18)10(5-8)20-6-7-3-4-19-11(7)12(15)16/h1-5H,6H2,(H,15,16). The fourth-order valence-corrected chi connectivity index (χ4v) is 1.71. The van der Waals surface area contributed by atoms with Crippen LogP contribution in [0.15, 0.2) is 34.9 Å². The maximum Gasteiger partial charge on any atom is 0.372 e. The summed E-state index contributed by atoms with van der Waals surface area (Å²) in [6.07, 6.45) is 1.20. The van der Waals surface area contributed by atoms with Crippen LogP contribution in [0, 0.1) is 10.1 Å². The van der Waals surface area contributed by atoms with Gasteiger partial charge >= 0.3 is 11.7 Å². The van der Waals surface area contributed by atoms with Crippen molar-refractivity contribution >= 4 is 23.3 Å². The maximum atomic E-state index is 10.8. The van der Waals surface area contributed by atoms with Gasteiger partial charge in [-0.25, -0.2) is 4.79 Å². The molecule has 1 aromatic heterocycles. The van der Waals surface area contributed by atoms with Gasteiger partial charge in [-0.15, -0.1) is 0 Å². The van der Waals surface area contributed by atoms with E-state index in [1.54, 1.807) is 0 Å². The van der Waals surface area contributed by atoms with Crippen molar-refractivity contribution in [3.8, 4) is 5.75 Å². The Labute approximate surface area is 117 Å². The van der Waals surface area contributed by atoms with Crippen LogP contribution in [-0.4, -0.2) is 16.0 Å². The van der Waals surface area contributed by atoms with Crippen molar-refractivity contribution in [3.63, 3.8) is 0 Å². The van der Waals surface area contributed by atoms with Crippen LogP contribution in [0.4, 0.5) is 5.69 Å². The number of benzene rings is 1. The van der Waals surface area contributed by atoms with Crippen LogP contribution >= 0.6 is 11.6 Å². The Morgan fingerprint density at radius 1 is 1.45 bits per heavy atom. The summed E-state index contributed by atoms with van der Waals surface area (Å²) in [7, 11) is 0. The normalized spacial score (nSPS) is 10.2. The molecule has 8 heteroatoms. The third-order valence-corrected chi connectivity index (χ3v) is 2.68. The first kappa shape index (κ1) is 13.9. The Bertz CT molecular complexity index is 666. The predicted octanol–water partition coefficient (Wildman–Crippen LogP) is 3.12. The third-order valence-electron chi connectivity index (χ3n) is 2.44. The van der Waals surface area contributed by atoms with Crippen molar-refractivity contribution in [3.05, 3.63) is 57.0 Å². The summed E-state index contributed by atoms with van der Waals surface area (Å²) >= 11 is 5.75. The number of nitrogens with zero attached hydrogens (tertiary/aromatic N) is 1. The molecule has 0 amide bonds. The molecule has 0 radical (unpaired) electrons. The number of hydrogen-bond donors (Lipinski definition) is 1. The summed E-state index contributed by atoms with van der Waals surface area (Å²) in [5.41, 5.74) is 0.0153. The minimum atomic E-state index is -1.24. The van der Waals surface area contributed by atoms with Crippen molar-refractivity contribution in [2.24, 2.45) is 0 Å². The highest BCUT2D eigenvalue weighted by molar-refractivity contribution is 6.30. The van der Waals surface area contributed by atoms with E-state index in [4.69, 9.17) is 25.9 Å². The monoisotopic (exact) mass is 297 g/mol. The quantitative estimate of drug-likeness (QED) is 0.672. The SMILES string of the molecule is O=C(O)c1occc1COc1cc(Cl)ccc1[N+](=O)[O-]. The lowest BCUT2D eigenvalue weighted by Crippen LogP contribution is -2.03. The van der Waals surface area contributed by atoms with Gasteiger partial charge in [-0.3, -0.25) is 10.1 Å². The van der Waals surface area contributed by atoms with E-state index in [1.807, 2.05) is 0 Å². The Morgan fingerprint density at radius 2 is 2.20 bits per heavy atom. The van der Waals surface area contributed by atoms with Gasteiger partial charge in [0.1, 0.15) is 6.61 Å². The van der Waals surface area contributed by atoms with Crippen LogP contribution in [0.25, 0.3) is 0 Å². The zero-order chi connectivity index (χ0) is 14.7. The van der Waals surface area contributed by atoms with E-state index in [0.29, 0.717) is 0 Å². The van der Waals surface area contributed by atoms with Crippen LogP contribution in [0.3, 0.4) is 0 Å². The molecule has 0 aliphatic heterocycles. The Kier molecular flexibility index (Phi) is 3.90. The predicted molar refractivity (Wildman–Crippen MR) is 68.1 cm³/mol. The Hall–Kier alpha value is -2.54. The first-order chi connectivity index (χ1) is 9.49. The van der Waals surface area contributed by atoms with E-state index in [2.05, 4.69) is 0 Å². The van der Waals surface area contributed by atoms with Crippen LogP contribution in [0.2, 0.25) is 5.02 Å². The largest absolute Gasteiger partial charge is 0.482 e. The van der Waals surface area contributed by atoms with Gasteiger partial charge in [0.2, 0.25) is 5.76 Å². The summed E-state index contributed by atoms with van der Waals surface area (Å²) in [4.78, 5) is 21.1. The molecule has 20 heavy (non-hydrogen) atoms. The van der Waals surface area contributed by atoms with Crippen LogP contribution in [0.5, 0.6) is 5.75 Å². The topological polar surface area (TPSA) is 103 Å². The highest BCUT2D eigenvalue weighted by Crippen LogP contribution is 2.30. The molecule has 0 aliphatic rings. The van der Waals surface area contributed by atoms with Gasteiger partial charge in [-0.1, -0.05) is 11.6 Å². The van der Waals surface area contributed by atoms with Crippen molar-refractivity contribution in [2.75, 3.05) is 0 Å². The number of halogens is 1. The molecule has 0 saturated carbocycles. The third kappa shape index (κ3) is 2.89. The van der Waals surface area contributed by atoms with Gasteiger partial charge in [0.05, 0.1) is 11.2 Å². The molecular formula is C12H8ClNO6. The zero-order valence-electron chi connectivity index (χ0n) is 9.91. The average molecular weight is 298 g/mol. The van der Waals surface area contributed by atoms with Crippen LogP contribution in [-0.2, 0) is 6.61 Å². The molecule has 1 aromatic carbocycles. The van der Waals surface area contributed by atoms with E-state index in [-0.39, 0.29) is 34.4 Å². The fraction of sp³-hybridized carbons (Fsp3) is 0.0833. The second-order valence-corrected chi connectivity index (χ2v) is 4.17. The molecule has 1 heterocycles. The lowest BCUT2D eigenvalue weighted by atomic mass is 10.2. The van der Waals surface area contributed by atoms with E-state index in [9.17, 15) is 14.9 Å². The summed E-state index contributed by atoms with van der Waals surface area (Å²) in [6.45, 7) is -0.181. The summed E-state index contributed by atoms with van der Waals surface area (Å²) in [5, 5.41) is 20.0. The van der Waals surface area contributed by atoms with Crippen LogP contribution < -0.4 is 4.74 Å². The molecule has 0 unspecified atom stereocenters. The molecule has 2 aromatic rings. The minimum Gasteiger partial charge on any atom is -0.482 e. The van der Waals surface area contributed by atoms with Gasteiger partial charge in [0.25, 0.3) is 0 Å². The second-order valence-electron chi connectivity index (χ2n) is 3.74. The molecular weight excluding hydrogens is 290 g/mol. The second kappa shape index (κ2) is 5.62. The van der Waals surface area contributed by atoms with Gasteiger partial charge < -0.3 is 14.3 Å². The van der Waals surface area contributed by atoms with E-state index in [1.165, 1.54) is 30.5 Å². The highest BCUT2D eigenvalue weighted by Gasteiger charge is 2.18. The highest BCUT2D eigenvalue weighted by atomic mass is 35.5. The first-order valence-corrected chi connectivity index (χ1v) is 5.73. The average Bonchev–Trinajstić information content (AvgIpc) is 2.84. The Morgan fingerprint density at radius 3 is 2.85 bits per heavy atom. The molecule has 0 aliphatic carbocycles. The van der Waals surface area contributed by atoms with Crippen molar-refractivity contribution in [1.82, 2.24) is 0 Å². The number of nitro benzene ring substituents is 1. The summed E-state index contributed by atoms with van der Waals surface area (Å²) in [5.74, 6) is -1.55. The minimum absolute atomic E-state index is 0.0416. The molecule has 7 nitrogen and oxygen atoms in total. The smallest absolute Gasteiger partial charge is 0.372 e. The number of hydrogen-bond acceptors (Lipinski definition) is 5. The van der Waals surface area contributed by atoms with E-state index in [0.717, 1.165) is 0 Å². The van der Waals surface area contributed by atoms with Crippen molar-refractivity contribution < 1.29 is 24.0 Å². The van der Waals surface area contributed by atoms with E-state index < -0.39 is 10.9 Å². The van der Waals surface area contributed by atoms with Gasteiger partial charge in [0, 0.05) is 22.7 Å². The lowest BCUT2D eigenvalue weighted by molar-refractivity contribution is -0.385. The number of rotatable bonds is 5. The first-order valence-electron chi connectivity index (χ1n) is 5.35. The number of aromatic carboxylic acids is 1. The zero-order valence-corrected chi connectivity index (χ0v) is 10.7. The maximum absolute atomic E-state index is 10.8. The number of furan rings is 1. The van der Waals surface area contributed by atoms with Gasteiger partial charge in [-0.2, -0.15) is 0 Å². The van der Waals surface area contributed by atoms with Crippen LogP contribution in [0.1, 0.15) is 16.1 Å². The van der Waals surface area contributed by atoms with Gasteiger partial charge in [-0.05, 0) is 12.1 Å². The Balaban J connectivity index is 2.22. The van der Waals surface area contributed by atoms with E-state index >= 15 is 0 Å². The number of nitro groups is 1. The summed E-state index contributed by atoms with van der Waals surface area (Å²) in [6, 6.07) is 5.29. The molecule has 0 bridgehead atoms. The number of carboxylic acid groups (broad SMARTS) is 1. The molecule has 2 rings (SSSR count).